The lowest BCUT2D eigenvalue weighted by atomic mass is 10.1. The molecule has 2 aromatic carbocycles. The van der Waals surface area contributed by atoms with E-state index in [0.29, 0.717) is 10.9 Å². The molecule has 0 saturated carbocycles. The van der Waals surface area contributed by atoms with Crippen LogP contribution in [0.15, 0.2) is 53.6 Å². The molecule has 0 fully saturated rings. The van der Waals surface area contributed by atoms with Crippen LogP contribution in [0.3, 0.4) is 0 Å². The highest BCUT2D eigenvalue weighted by Gasteiger charge is 2.01. The Morgan fingerprint density at radius 1 is 1.26 bits per heavy atom. The molecule has 0 saturated heterocycles. The van der Waals surface area contributed by atoms with Gasteiger partial charge in [-0.15, -0.1) is 0 Å². The number of thiocarbonyl (C=S) groups is 1. The second kappa shape index (κ2) is 8.64. The third-order valence-electron chi connectivity index (χ3n) is 3.07. The summed E-state index contributed by atoms with van der Waals surface area (Å²) in [5.74, 6) is 0.461. The van der Waals surface area contributed by atoms with Crippen LogP contribution >= 0.6 is 24.0 Å². The van der Waals surface area contributed by atoms with Crippen molar-refractivity contribution in [2.45, 2.75) is 13.5 Å². The summed E-state index contributed by atoms with van der Waals surface area (Å²) in [4.78, 5) is 0. The standard InChI is InChI=1S/C17H17FN2OS2/c1-12(19-20-17(22)23-2)14-6-8-16(9-7-14)21-11-13-4-3-5-15(18)10-13/h3-10H,11H2,1-2H3,(H,20,22)/b19-12+. The van der Waals surface area contributed by atoms with Crippen molar-refractivity contribution in [2.24, 2.45) is 5.10 Å². The Labute approximate surface area is 144 Å². The average Bonchev–Trinajstić information content (AvgIpc) is 2.58. The van der Waals surface area contributed by atoms with E-state index in [1.807, 2.05) is 43.5 Å². The Balaban J connectivity index is 1.95. The molecule has 2 aromatic rings. The zero-order valence-corrected chi connectivity index (χ0v) is 14.5. The Hall–Kier alpha value is -1.92. The van der Waals surface area contributed by atoms with Gasteiger partial charge in [-0.3, -0.25) is 5.43 Å². The topological polar surface area (TPSA) is 33.6 Å². The molecule has 2 rings (SSSR count). The molecule has 0 spiro atoms. The van der Waals surface area contributed by atoms with E-state index in [2.05, 4.69) is 10.5 Å². The minimum absolute atomic E-state index is 0.260. The first-order chi connectivity index (χ1) is 11.1. The van der Waals surface area contributed by atoms with Gasteiger partial charge in [0.25, 0.3) is 0 Å². The van der Waals surface area contributed by atoms with Gasteiger partial charge in [-0.05, 0) is 60.7 Å². The highest BCUT2D eigenvalue weighted by Crippen LogP contribution is 2.15. The van der Waals surface area contributed by atoms with Crippen LogP contribution in [-0.2, 0) is 6.61 Å². The minimum atomic E-state index is -0.260. The fourth-order valence-electron chi connectivity index (χ4n) is 1.83. The molecule has 1 N–H and O–H groups in total. The van der Waals surface area contributed by atoms with E-state index in [9.17, 15) is 4.39 Å². The maximum Gasteiger partial charge on any atom is 0.153 e. The van der Waals surface area contributed by atoms with E-state index in [4.69, 9.17) is 17.0 Å². The lowest BCUT2D eigenvalue weighted by Gasteiger charge is -2.08. The number of thioether (sulfide) groups is 1. The third-order valence-corrected chi connectivity index (χ3v) is 4.12. The van der Waals surface area contributed by atoms with Gasteiger partial charge < -0.3 is 4.74 Å². The van der Waals surface area contributed by atoms with Gasteiger partial charge >= 0.3 is 0 Å². The van der Waals surface area contributed by atoms with Crippen LogP contribution in [0.25, 0.3) is 0 Å². The van der Waals surface area contributed by atoms with E-state index in [1.54, 1.807) is 6.07 Å². The third kappa shape index (κ3) is 5.65. The van der Waals surface area contributed by atoms with Crippen molar-refractivity contribution < 1.29 is 9.13 Å². The number of hydrogen-bond donors (Lipinski definition) is 1. The van der Waals surface area contributed by atoms with E-state index >= 15 is 0 Å². The Kier molecular flexibility index (Phi) is 6.55. The molecule has 0 aliphatic heterocycles. The minimum Gasteiger partial charge on any atom is -0.489 e. The van der Waals surface area contributed by atoms with Crippen molar-refractivity contribution >= 4 is 34.0 Å². The zero-order valence-electron chi connectivity index (χ0n) is 12.9. The SMILES string of the molecule is CSC(=S)N/N=C(\C)c1ccc(OCc2cccc(F)c2)cc1. The number of nitrogens with zero attached hydrogens (tertiary/aromatic N) is 1. The monoisotopic (exact) mass is 348 g/mol. The fourth-order valence-corrected chi connectivity index (χ4v) is 2.01. The maximum absolute atomic E-state index is 13.1. The number of benzene rings is 2. The molecule has 0 unspecified atom stereocenters. The van der Waals surface area contributed by atoms with Crippen molar-refractivity contribution in [3.05, 3.63) is 65.5 Å². The van der Waals surface area contributed by atoms with E-state index in [0.717, 1.165) is 22.6 Å². The average molecular weight is 348 g/mol. The quantitative estimate of drug-likeness (QED) is 0.494. The van der Waals surface area contributed by atoms with Gasteiger partial charge in [-0.25, -0.2) is 4.39 Å². The van der Waals surface area contributed by atoms with Crippen molar-refractivity contribution in [1.82, 2.24) is 5.43 Å². The zero-order chi connectivity index (χ0) is 16.7. The van der Waals surface area contributed by atoms with Gasteiger partial charge in [0.1, 0.15) is 18.2 Å². The summed E-state index contributed by atoms with van der Waals surface area (Å²) < 4.78 is 19.4. The Morgan fingerprint density at radius 2 is 2.00 bits per heavy atom. The predicted octanol–water partition coefficient (Wildman–Crippen LogP) is 4.37. The molecule has 0 atom stereocenters. The molecule has 0 amide bonds. The molecule has 6 heteroatoms. The summed E-state index contributed by atoms with van der Waals surface area (Å²) >= 11 is 6.47. The smallest absolute Gasteiger partial charge is 0.153 e. The number of halogens is 1. The summed E-state index contributed by atoms with van der Waals surface area (Å²) in [6.07, 6.45) is 1.89. The van der Waals surface area contributed by atoms with Crippen molar-refractivity contribution in [2.75, 3.05) is 6.26 Å². The first-order valence-corrected chi connectivity index (χ1v) is 8.57. The first kappa shape index (κ1) is 17.4. The number of hydrogen-bond acceptors (Lipinski definition) is 4. The maximum atomic E-state index is 13.1. The lowest BCUT2D eigenvalue weighted by molar-refractivity contribution is 0.305. The van der Waals surface area contributed by atoms with Crippen LogP contribution in [0.1, 0.15) is 18.1 Å². The number of ether oxygens (including phenoxy) is 1. The Morgan fingerprint density at radius 3 is 2.65 bits per heavy atom. The van der Waals surface area contributed by atoms with Gasteiger partial charge in [-0.2, -0.15) is 5.10 Å². The van der Waals surface area contributed by atoms with Crippen molar-refractivity contribution in [3.63, 3.8) is 0 Å². The summed E-state index contributed by atoms with van der Waals surface area (Å²) in [6, 6.07) is 13.9. The molecule has 0 radical (unpaired) electrons. The van der Waals surface area contributed by atoms with Crippen molar-refractivity contribution in [1.29, 1.82) is 0 Å². The van der Waals surface area contributed by atoms with Crippen LogP contribution in [0, 0.1) is 5.82 Å². The first-order valence-electron chi connectivity index (χ1n) is 6.94. The summed E-state index contributed by atoms with van der Waals surface area (Å²) in [6.45, 7) is 2.23. The molecule has 120 valence electrons. The van der Waals surface area contributed by atoms with Gasteiger partial charge in [0.15, 0.2) is 4.32 Å². The molecule has 3 nitrogen and oxygen atoms in total. The molecule has 0 aliphatic carbocycles. The normalized spacial score (nSPS) is 11.2. The molecule has 0 bridgehead atoms. The summed E-state index contributed by atoms with van der Waals surface area (Å²) in [5, 5.41) is 4.22. The summed E-state index contributed by atoms with van der Waals surface area (Å²) in [5.41, 5.74) is 5.41. The van der Waals surface area contributed by atoms with Crippen LogP contribution in [0.5, 0.6) is 5.75 Å². The van der Waals surface area contributed by atoms with Gasteiger partial charge in [0.05, 0.1) is 5.71 Å². The number of rotatable bonds is 5. The second-order valence-electron chi connectivity index (χ2n) is 4.74. The predicted molar refractivity (Wildman–Crippen MR) is 98.6 cm³/mol. The molecular formula is C17H17FN2OS2. The largest absolute Gasteiger partial charge is 0.489 e. The molecular weight excluding hydrogens is 331 g/mol. The highest BCUT2D eigenvalue weighted by atomic mass is 32.2. The second-order valence-corrected chi connectivity index (χ2v) is 6.23. The number of nitrogens with one attached hydrogen (secondary N) is 1. The van der Waals surface area contributed by atoms with E-state index in [-0.39, 0.29) is 5.82 Å². The Bertz CT molecular complexity index is 702. The van der Waals surface area contributed by atoms with Gasteiger partial charge in [-0.1, -0.05) is 36.1 Å². The van der Waals surface area contributed by atoms with Crippen LogP contribution in [0.4, 0.5) is 4.39 Å². The molecule has 0 aliphatic rings. The highest BCUT2D eigenvalue weighted by molar-refractivity contribution is 8.22. The fraction of sp³-hybridized carbons (Fsp3) is 0.176. The lowest BCUT2D eigenvalue weighted by Crippen LogP contribution is -2.13. The molecule has 0 aromatic heterocycles. The molecule has 0 heterocycles. The van der Waals surface area contributed by atoms with Gasteiger partial charge in [0, 0.05) is 0 Å². The summed E-state index contributed by atoms with van der Waals surface area (Å²) in [7, 11) is 0. The number of hydrazone groups is 1. The van der Waals surface area contributed by atoms with E-state index in [1.165, 1.54) is 23.9 Å². The van der Waals surface area contributed by atoms with Crippen molar-refractivity contribution in [3.8, 4) is 5.75 Å². The van der Waals surface area contributed by atoms with Crippen LogP contribution in [-0.4, -0.2) is 16.3 Å². The van der Waals surface area contributed by atoms with Crippen LogP contribution < -0.4 is 10.2 Å². The molecule has 23 heavy (non-hydrogen) atoms. The van der Waals surface area contributed by atoms with Crippen LogP contribution in [0.2, 0.25) is 0 Å². The van der Waals surface area contributed by atoms with E-state index < -0.39 is 0 Å². The van der Waals surface area contributed by atoms with Gasteiger partial charge in [0.2, 0.25) is 0 Å².